The number of rotatable bonds is 3. The summed E-state index contributed by atoms with van der Waals surface area (Å²) < 4.78 is 5.65. The number of ketones is 1. The Labute approximate surface area is 129 Å². The maximum absolute atomic E-state index is 12.2. The minimum absolute atomic E-state index is 0. The zero-order valence-corrected chi connectivity index (χ0v) is 13.4. The van der Waals surface area contributed by atoms with E-state index in [2.05, 4.69) is 4.90 Å². The van der Waals surface area contributed by atoms with Crippen molar-refractivity contribution in [2.75, 3.05) is 19.6 Å². The van der Waals surface area contributed by atoms with Gasteiger partial charge in [-0.1, -0.05) is 23.7 Å². The molecular formula is C14H18BrClNO2-. The standard InChI is InChI=1S/C14H18ClNO2.BrH/c1-10-7-16(8-11(2)18-10)9-14(17)12-5-3-4-6-13(12)15;/h3-6,10-11H,7-9H2,1-2H3;1H/p-1. The first-order valence-electron chi connectivity index (χ1n) is 6.22. The van der Waals surface area contributed by atoms with Gasteiger partial charge in [-0.3, -0.25) is 9.69 Å². The largest absolute Gasteiger partial charge is 1.00 e. The quantitative estimate of drug-likeness (QED) is 0.699. The van der Waals surface area contributed by atoms with E-state index in [9.17, 15) is 4.79 Å². The first-order valence-corrected chi connectivity index (χ1v) is 6.59. The molecule has 2 unspecified atom stereocenters. The van der Waals surface area contributed by atoms with Gasteiger partial charge < -0.3 is 21.7 Å². The molecule has 19 heavy (non-hydrogen) atoms. The Morgan fingerprint density at radius 1 is 1.32 bits per heavy atom. The van der Waals surface area contributed by atoms with E-state index in [0.29, 0.717) is 17.1 Å². The first kappa shape index (κ1) is 16.6. The molecule has 1 aromatic rings. The molecular weight excluding hydrogens is 330 g/mol. The first-order chi connectivity index (χ1) is 8.56. The van der Waals surface area contributed by atoms with Gasteiger partial charge in [-0.05, 0) is 26.0 Å². The Morgan fingerprint density at radius 2 is 1.89 bits per heavy atom. The van der Waals surface area contributed by atoms with E-state index >= 15 is 0 Å². The zero-order chi connectivity index (χ0) is 13.1. The number of morpholine rings is 1. The highest BCUT2D eigenvalue weighted by molar-refractivity contribution is 6.34. The highest BCUT2D eigenvalue weighted by Gasteiger charge is 2.24. The predicted molar refractivity (Wildman–Crippen MR) is 72.2 cm³/mol. The fourth-order valence-corrected chi connectivity index (χ4v) is 2.63. The van der Waals surface area contributed by atoms with Crippen LogP contribution in [0.25, 0.3) is 0 Å². The van der Waals surface area contributed by atoms with Crippen molar-refractivity contribution in [2.45, 2.75) is 26.1 Å². The van der Waals surface area contributed by atoms with Crippen LogP contribution in [0.4, 0.5) is 0 Å². The monoisotopic (exact) mass is 346 g/mol. The molecule has 1 fully saturated rings. The van der Waals surface area contributed by atoms with E-state index in [1.807, 2.05) is 26.0 Å². The molecule has 2 rings (SSSR count). The molecule has 3 nitrogen and oxygen atoms in total. The third-order valence-corrected chi connectivity index (χ3v) is 3.37. The van der Waals surface area contributed by atoms with E-state index in [1.165, 1.54) is 0 Å². The summed E-state index contributed by atoms with van der Waals surface area (Å²) in [5.41, 5.74) is 0.603. The molecule has 0 N–H and O–H groups in total. The van der Waals surface area contributed by atoms with E-state index in [0.717, 1.165) is 13.1 Å². The van der Waals surface area contributed by atoms with Crippen molar-refractivity contribution in [1.29, 1.82) is 0 Å². The molecule has 106 valence electrons. The van der Waals surface area contributed by atoms with Gasteiger partial charge in [0, 0.05) is 18.7 Å². The van der Waals surface area contributed by atoms with Crippen LogP contribution in [0.3, 0.4) is 0 Å². The minimum atomic E-state index is 0. The lowest BCUT2D eigenvalue weighted by Gasteiger charge is -2.34. The average Bonchev–Trinajstić information content (AvgIpc) is 2.27. The summed E-state index contributed by atoms with van der Waals surface area (Å²) in [6, 6.07) is 7.19. The number of hydrogen-bond donors (Lipinski definition) is 0. The molecule has 1 aromatic carbocycles. The molecule has 1 aliphatic rings. The van der Waals surface area contributed by atoms with Gasteiger partial charge in [0.05, 0.1) is 23.8 Å². The highest BCUT2D eigenvalue weighted by Crippen LogP contribution is 2.17. The minimum Gasteiger partial charge on any atom is -1.00 e. The van der Waals surface area contributed by atoms with Gasteiger partial charge in [0.15, 0.2) is 5.78 Å². The summed E-state index contributed by atoms with van der Waals surface area (Å²) in [5, 5.41) is 0.525. The van der Waals surface area contributed by atoms with Crippen molar-refractivity contribution in [3.8, 4) is 0 Å². The summed E-state index contributed by atoms with van der Waals surface area (Å²) >= 11 is 6.03. The Balaban J connectivity index is 0.00000180. The van der Waals surface area contributed by atoms with Crippen LogP contribution in [0.2, 0.25) is 5.02 Å². The smallest absolute Gasteiger partial charge is 0.178 e. The number of hydrogen-bond acceptors (Lipinski definition) is 3. The van der Waals surface area contributed by atoms with Crippen LogP contribution in [0.1, 0.15) is 24.2 Å². The van der Waals surface area contributed by atoms with Crippen molar-refractivity contribution < 1.29 is 26.5 Å². The molecule has 2 atom stereocenters. The zero-order valence-electron chi connectivity index (χ0n) is 11.1. The van der Waals surface area contributed by atoms with Crippen LogP contribution in [0.15, 0.2) is 24.3 Å². The van der Waals surface area contributed by atoms with Gasteiger partial charge in [-0.15, -0.1) is 0 Å². The van der Waals surface area contributed by atoms with Crippen LogP contribution < -0.4 is 17.0 Å². The highest BCUT2D eigenvalue weighted by atomic mass is 79.9. The number of nitrogens with zero attached hydrogens (tertiary/aromatic N) is 1. The molecule has 5 heteroatoms. The second-order valence-electron chi connectivity index (χ2n) is 4.85. The van der Waals surface area contributed by atoms with E-state index in [1.54, 1.807) is 12.1 Å². The van der Waals surface area contributed by atoms with Crippen molar-refractivity contribution >= 4 is 17.4 Å². The van der Waals surface area contributed by atoms with E-state index in [-0.39, 0.29) is 35.0 Å². The van der Waals surface area contributed by atoms with Crippen LogP contribution in [-0.2, 0) is 4.74 Å². The normalized spacial score (nSPS) is 23.7. The fourth-order valence-electron chi connectivity index (χ4n) is 2.39. The van der Waals surface area contributed by atoms with Gasteiger partial charge in [0.25, 0.3) is 0 Å². The molecule has 0 radical (unpaired) electrons. The molecule has 0 saturated carbocycles. The van der Waals surface area contributed by atoms with E-state index in [4.69, 9.17) is 16.3 Å². The van der Waals surface area contributed by atoms with Crippen molar-refractivity contribution in [3.63, 3.8) is 0 Å². The molecule has 0 aliphatic carbocycles. The number of carbonyl (C=O) groups excluding carboxylic acids is 1. The van der Waals surface area contributed by atoms with Gasteiger partial charge in [0.2, 0.25) is 0 Å². The number of carbonyl (C=O) groups is 1. The summed E-state index contributed by atoms with van der Waals surface area (Å²) in [6.07, 6.45) is 0.348. The predicted octanol–water partition coefficient (Wildman–Crippen LogP) is -0.364. The molecule has 0 amide bonds. The Hall–Kier alpha value is -0.420. The molecule has 1 saturated heterocycles. The lowest BCUT2D eigenvalue weighted by molar-refractivity contribution is -0.0652. The molecule has 0 aromatic heterocycles. The molecule has 0 spiro atoms. The molecule has 0 bridgehead atoms. The van der Waals surface area contributed by atoms with Gasteiger partial charge >= 0.3 is 0 Å². The third kappa shape index (κ3) is 4.56. The number of halogens is 2. The van der Waals surface area contributed by atoms with Crippen LogP contribution in [-0.4, -0.2) is 42.5 Å². The summed E-state index contributed by atoms with van der Waals surface area (Å²) in [7, 11) is 0. The Bertz CT molecular complexity index is 431. The maximum atomic E-state index is 12.2. The van der Waals surface area contributed by atoms with Gasteiger partial charge in [-0.25, -0.2) is 0 Å². The number of Topliss-reactive ketones (excluding diaryl/α,β-unsaturated/α-hetero) is 1. The van der Waals surface area contributed by atoms with Crippen LogP contribution in [0.5, 0.6) is 0 Å². The van der Waals surface area contributed by atoms with Crippen molar-refractivity contribution in [1.82, 2.24) is 4.90 Å². The Morgan fingerprint density at radius 3 is 2.47 bits per heavy atom. The number of benzene rings is 1. The summed E-state index contributed by atoms with van der Waals surface area (Å²) in [5.74, 6) is 0.0712. The maximum Gasteiger partial charge on any atom is 0.178 e. The summed E-state index contributed by atoms with van der Waals surface area (Å²) in [6.45, 7) is 6.05. The number of ether oxygens (including phenoxy) is 1. The second-order valence-corrected chi connectivity index (χ2v) is 5.26. The molecule has 1 heterocycles. The average molecular weight is 348 g/mol. The lowest BCUT2D eigenvalue weighted by atomic mass is 10.1. The van der Waals surface area contributed by atoms with Gasteiger partial charge in [0.1, 0.15) is 0 Å². The second kappa shape index (κ2) is 7.39. The van der Waals surface area contributed by atoms with Gasteiger partial charge in [-0.2, -0.15) is 0 Å². The van der Waals surface area contributed by atoms with Crippen LogP contribution >= 0.6 is 11.6 Å². The van der Waals surface area contributed by atoms with Crippen molar-refractivity contribution in [2.24, 2.45) is 0 Å². The fraction of sp³-hybridized carbons (Fsp3) is 0.500. The summed E-state index contributed by atoms with van der Waals surface area (Å²) in [4.78, 5) is 14.3. The Kier molecular flexibility index (Phi) is 6.47. The topological polar surface area (TPSA) is 29.5 Å². The third-order valence-electron chi connectivity index (χ3n) is 3.04. The molecule has 1 aliphatic heterocycles. The van der Waals surface area contributed by atoms with Crippen LogP contribution in [0, 0.1) is 0 Å². The lowest BCUT2D eigenvalue weighted by Crippen LogP contribution is -3.00. The SMILES string of the molecule is CC1CN(CC(=O)c2ccccc2Cl)CC(C)O1.[Br-]. The van der Waals surface area contributed by atoms with E-state index < -0.39 is 0 Å². The van der Waals surface area contributed by atoms with Crippen molar-refractivity contribution in [3.05, 3.63) is 34.9 Å².